The fraction of sp³-hybridized carbons (Fsp3) is 0.0968. The molecule has 34 heavy (non-hydrogen) atoms. The molecule has 1 aliphatic heterocycles. The van der Waals surface area contributed by atoms with E-state index < -0.39 is 0 Å². The molecule has 1 heterocycles. The zero-order valence-electron chi connectivity index (χ0n) is 19.5. The van der Waals surface area contributed by atoms with Gasteiger partial charge in [0.1, 0.15) is 11.5 Å². The molecule has 166 valence electrons. The quantitative estimate of drug-likeness (QED) is 0.283. The van der Waals surface area contributed by atoms with Crippen LogP contribution in [0.3, 0.4) is 0 Å². The van der Waals surface area contributed by atoms with Gasteiger partial charge in [0.15, 0.2) is 0 Å². The predicted molar refractivity (Wildman–Crippen MR) is 144 cm³/mol. The van der Waals surface area contributed by atoms with E-state index in [9.17, 15) is 0 Å². The van der Waals surface area contributed by atoms with Crippen LogP contribution in [0.2, 0.25) is 0 Å². The second kappa shape index (κ2) is 10.3. The lowest BCUT2D eigenvalue weighted by molar-refractivity contribution is 0.483. The first kappa shape index (κ1) is 21.8. The third kappa shape index (κ3) is 4.99. The smallest absolute Gasteiger partial charge is 0.320 e. The number of nitrogens with zero attached hydrogens (tertiary/aromatic N) is 1. The van der Waals surface area contributed by atoms with E-state index in [1.54, 1.807) is 0 Å². The largest absolute Gasteiger partial charge is 0.457 e. The fourth-order valence-electron chi connectivity index (χ4n) is 4.52. The van der Waals surface area contributed by atoms with E-state index in [2.05, 4.69) is 109 Å². The number of hydrogen-bond donors (Lipinski definition) is 0. The highest BCUT2D eigenvalue weighted by Gasteiger charge is 2.29. The van der Waals surface area contributed by atoms with Crippen molar-refractivity contribution in [3.63, 3.8) is 0 Å². The first-order valence-corrected chi connectivity index (χ1v) is 11.9. The highest BCUT2D eigenvalue weighted by atomic mass is 16.5. The third-order valence-corrected chi connectivity index (χ3v) is 6.28. The van der Waals surface area contributed by atoms with Crippen LogP contribution in [0.1, 0.15) is 17.5 Å². The van der Waals surface area contributed by atoms with E-state index in [1.807, 2.05) is 30.3 Å². The van der Waals surface area contributed by atoms with Crippen molar-refractivity contribution in [1.29, 1.82) is 0 Å². The molecular weight excluding hydrogens is 413 g/mol. The minimum absolute atomic E-state index is 0.151. The summed E-state index contributed by atoms with van der Waals surface area (Å²) in [4.78, 5) is 2.47. The standard InChI is InChI=1S/C31H28BNO/c1-25-11-8-9-17-31(25)32-24-10-14-27(19-18-26-12-4-2-5-13-26)33(32)28-20-22-30(23-21-28)34-29-15-6-3-7-16-29/h2-17,20-24H,18-19H2,1H3. The van der Waals surface area contributed by atoms with Crippen LogP contribution < -0.4 is 15.0 Å². The van der Waals surface area contributed by atoms with Crippen molar-refractivity contribution >= 4 is 18.0 Å². The van der Waals surface area contributed by atoms with Crippen LogP contribution in [-0.2, 0) is 6.42 Å². The Bertz CT molecular complexity index is 1280. The van der Waals surface area contributed by atoms with E-state index >= 15 is 0 Å². The summed E-state index contributed by atoms with van der Waals surface area (Å²) in [5.41, 5.74) is 6.47. The van der Waals surface area contributed by atoms with Crippen molar-refractivity contribution in [1.82, 2.24) is 0 Å². The molecule has 0 saturated heterocycles. The molecule has 0 fully saturated rings. The van der Waals surface area contributed by atoms with E-state index in [-0.39, 0.29) is 6.85 Å². The number of aryl methyl sites for hydroxylation is 2. The van der Waals surface area contributed by atoms with Crippen LogP contribution in [0, 0.1) is 6.92 Å². The third-order valence-electron chi connectivity index (χ3n) is 6.28. The Balaban J connectivity index is 1.45. The van der Waals surface area contributed by atoms with Crippen LogP contribution in [0.5, 0.6) is 11.5 Å². The van der Waals surface area contributed by atoms with Crippen molar-refractivity contribution in [2.24, 2.45) is 0 Å². The van der Waals surface area contributed by atoms with Gasteiger partial charge in [-0.15, -0.1) is 0 Å². The molecule has 1 aliphatic rings. The molecule has 3 heteroatoms. The summed E-state index contributed by atoms with van der Waals surface area (Å²) >= 11 is 0. The summed E-state index contributed by atoms with van der Waals surface area (Å²) in [6.07, 6.45) is 6.44. The topological polar surface area (TPSA) is 12.5 Å². The van der Waals surface area contributed by atoms with Gasteiger partial charge in [-0.25, -0.2) is 0 Å². The molecule has 0 N–H and O–H groups in total. The molecule has 0 saturated carbocycles. The van der Waals surface area contributed by atoms with Gasteiger partial charge in [-0.1, -0.05) is 90.4 Å². The maximum Gasteiger partial charge on any atom is 0.320 e. The zero-order chi connectivity index (χ0) is 23.2. The Kier molecular flexibility index (Phi) is 6.62. The van der Waals surface area contributed by atoms with Crippen molar-refractivity contribution in [3.8, 4) is 11.5 Å². The van der Waals surface area contributed by atoms with E-state index in [1.165, 1.54) is 22.3 Å². The normalized spacial score (nSPS) is 13.0. The first-order valence-electron chi connectivity index (χ1n) is 11.9. The predicted octanol–water partition coefficient (Wildman–Crippen LogP) is 7.12. The number of hydrogen-bond acceptors (Lipinski definition) is 2. The first-order chi connectivity index (χ1) is 16.8. The lowest BCUT2D eigenvalue weighted by Gasteiger charge is -2.35. The zero-order valence-corrected chi connectivity index (χ0v) is 19.5. The van der Waals surface area contributed by atoms with Gasteiger partial charge < -0.3 is 9.55 Å². The van der Waals surface area contributed by atoms with Crippen molar-refractivity contribution in [3.05, 3.63) is 144 Å². The number of benzene rings is 4. The van der Waals surface area contributed by atoms with Crippen LogP contribution in [0.4, 0.5) is 5.69 Å². The van der Waals surface area contributed by atoms with Gasteiger partial charge in [-0.05, 0) is 73.3 Å². The molecule has 0 unspecified atom stereocenters. The summed E-state index contributed by atoms with van der Waals surface area (Å²) in [6, 6.07) is 37.8. The van der Waals surface area contributed by atoms with Crippen molar-refractivity contribution < 1.29 is 4.74 Å². The van der Waals surface area contributed by atoms with Gasteiger partial charge in [0, 0.05) is 11.4 Å². The van der Waals surface area contributed by atoms with E-state index in [4.69, 9.17) is 4.74 Å². The van der Waals surface area contributed by atoms with Gasteiger partial charge in [-0.2, -0.15) is 0 Å². The summed E-state index contributed by atoms with van der Waals surface area (Å²) in [5.74, 6) is 3.98. The Morgan fingerprint density at radius 3 is 2.06 bits per heavy atom. The number of para-hydroxylation sites is 1. The lowest BCUT2D eigenvalue weighted by atomic mass is 9.51. The molecule has 4 aromatic rings. The minimum Gasteiger partial charge on any atom is -0.457 e. The van der Waals surface area contributed by atoms with Crippen molar-refractivity contribution in [2.75, 3.05) is 4.81 Å². The molecule has 0 spiro atoms. The molecule has 5 rings (SSSR count). The fourth-order valence-corrected chi connectivity index (χ4v) is 4.52. The maximum atomic E-state index is 6.04. The maximum absolute atomic E-state index is 6.04. The number of anilines is 1. The Morgan fingerprint density at radius 2 is 1.32 bits per heavy atom. The van der Waals surface area contributed by atoms with Gasteiger partial charge in [-0.3, -0.25) is 0 Å². The number of allylic oxidation sites excluding steroid dienone is 3. The summed E-state index contributed by atoms with van der Waals surface area (Å²) in [5, 5.41) is 0. The SMILES string of the molecule is Cc1ccccc1B1C=CC=C(CCc2ccccc2)N1c1ccc(Oc2ccccc2)cc1. The molecule has 0 aromatic heterocycles. The van der Waals surface area contributed by atoms with E-state index in [0.717, 1.165) is 30.0 Å². The Labute approximate surface area is 202 Å². The van der Waals surface area contributed by atoms with Gasteiger partial charge >= 0.3 is 6.85 Å². The average Bonchev–Trinajstić information content (AvgIpc) is 2.89. The van der Waals surface area contributed by atoms with Gasteiger partial charge in [0.2, 0.25) is 0 Å². The summed E-state index contributed by atoms with van der Waals surface area (Å²) in [6.45, 7) is 2.35. The highest BCUT2D eigenvalue weighted by Crippen LogP contribution is 2.30. The summed E-state index contributed by atoms with van der Waals surface area (Å²) in [7, 11) is 0. The van der Waals surface area contributed by atoms with Crippen LogP contribution in [-0.4, -0.2) is 6.85 Å². The lowest BCUT2D eigenvalue weighted by Crippen LogP contribution is -2.49. The number of rotatable bonds is 7. The van der Waals surface area contributed by atoms with Gasteiger partial charge in [0.25, 0.3) is 0 Å². The van der Waals surface area contributed by atoms with E-state index in [0.29, 0.717) is 0 Å². The average molecular weight is 441 g/mol. The molecule has 0 bridgehead atoms. The second-order valence-corrected chi connectivity index (χ2v) is 8.61. The number of ether oxygens (including phenoxy) is 1. The molecule has 2 nitrogen and oxygen atoms in total. The monoisotopic (exact) mass is 441 g/mol. The molecule has 0 radical (unpaired) electrons. The van der Waals surface area contributed by atoms with Crippen LogP contribution in [0.15, 0.2) is 133 Å². The molecular formula is C31H28BNO. The highest BCUT2D eigenvalue weighted by molar-refractivity contribution is 6.82. The van der Waals surface area contributed by atoms with Crippen molar-refractivity contribution in [2.45, 2.75) is 19.8 Å². The molecule has 4 aromatic carbocycles. The van der Waals surface area contributed by atoms with Crippen LogP contribution in [0.25, 0.3) is 0 Å². The minimum atomic E-state index is 0.151. The molecule has 0 atom stereocenters. The second-order valence-electron chi connectivity index (χ2n) is 8.61. The Hall–Kier alpha value is -3.98. The molecule has 0 amide bonds. The van der Waals surface area contributed by atoms with Crippen LogP contribution >= 0.6 is 0 Å². The van der Waals surface area contributed by atoms with Gasteiger partial charge in [0.05, 0.1) is 0 Å². The Morgan fingerprint density at radius 1 is 0.676 bits per heavy atom. The molecule has 0 aliphatic carbocycles. The summed E-state index contributed by atoms with van der Waals surface area (Å²) < 4.78 is 6.04.